The first kappa shape index (κ1) is 17.2. The molecule has 0 unspecified atom stereocenters. The number of nitrogens with one attached hydrogen (secondary N) is 2. The molecule has 0 saturated carbocycles. The van der Waals surface area contributed by atoms with Gasteiger partial charge in [0.05, 0.1) is 12.6 Å². The summed E-state index contributed by atoms with van der Waals surface area (Å²) in [5.74, 6) is 0.785. The minimum atomic E-state index is -0.503. The highest BCUT2D eigenvalue weighted by atomic mass is 35.5. The van der Waals surface area contributed by atoms with Crippen LogP contribution in [0.1, 0.15) is 25.0 Å². The fraction of sp³-hybridized carbons (Fsp3) is 0.278. The molecule has 122 valence electrons. The molecule has 4 nitrogen and oxygen atoms in total. The lowest BCUT2D eigenvalue weighted by Gasteiger charge is -2.27. The number of amides is 2. The minimum Gasteiger partial charge on any atom is -0.497 e. The van der Waals surface area contributed by atoms with Crippen LogP contribution >= 0.6 is 11.6 Å². The molecule has 0 bridgehead atoms. The predicted octanol–water partition coefficient (Wildman–Crippen LogP) is 4.08. The Labute approximate surface area is 141 Å². The molecular formula is C18H21ClN2O2. The maximum absolute atomic E-state index is 12.1. The van der Waals surface area contributed by atoms with E-state index in [9.17, 15) is 4.79 Å². The van der Waals surface area contributed by atoms with Crippen LogP contribution in [0.5, 0.6) is 5.75 Å². The highest BCUT2D eigenvalue weighted by molar-refractivity contribution is 6.31. The summed E-state index contributed by atoms with van der Waals surface area (Å²) in [7, 11) is 1.63. The van der Waals surface area contributed by atoms with Crippen molar-refractivity contribution in [3.63, 3.8) is 0 Å². The average Bonchev–Trinajstić information content (AvgIpc) is 2.54. The summed E-state index contributed by atoms with van der Waals surface area (Å²) in [5.41, 5.74) is 1.37. The van der Waals surface area contributed by atoms with E-state index in [0.717, 1.165) is 16.9 Å². The Morgan fingerprint density at radius 1 is 1.13 bits per heavy atom. The first-order valence-electron chi connectivity index (χ1n) is 7.36. The second-order valence-electron chi connectivity index (χ2n) is 5.75. The number of halogens is 1. The van der Waals surface area contributed by atoms with E-state index in [4.69, 9.17) is 16.3 Å². The maximum atomic E-state index is 12.1. The van der Waals surface area contributed by atoms with E-state index < -0.39 is 5.54 Å². The molecule has 0 fully saturated rings. The summed E-state index contributed by atoms with van der Waals surface area (Å²) in [5, 5.41) is 6.44. The zero-order chi connectivity index (χ0) is 16.9. The van der Waals surface area contributed by atoms with Gasteiger partial charge in [-0.2, -0.15) is 0 Å². The van der Waals surface area contributed by atoms with Crippen molar-refractivity contribution in [2.45, 2.75) is 25.9 Å². The van der Waals surface area contributed by atoms with Gasteiger partial charge >= 0.3 is 6.03 Å². The van der Waals surface area contributed by atoms with Crippen molar-refractivity contribution in [2.24, 2.45) is 0 Å². The molecule has 5 heteroatoms. The van der Waals surface area contributed by atoms with Crippen LogP contribution in [0.15, 0.2) is 48.5 Å². The van der Waals surface area contributed by atoms with Gasteiger partial charge in [-0.25, -0.2) is 4.79 Å². The molecule has 0 aliphatic rings. The van der Waals surface area contributed by atoms with Crippen molar-refractivity contribution in [1.29, 1.82) is 0 Å². The number of carbonyl (C=O) groups is 1. The van der Waals surface area contributed by atoms with Gasteiger partial charge < -0.3 is 15.4 Å². The maximum Gasteiger partial charge on any atom is 0.315 e. The first-order chi connectivity index (χ1) is 10.9. The Hall–Kier alpha value is -2.20. The summed E-state index contributed by atoms with van der Waals surface area (Å²) < 4.78 is 5.15. The van der Waals surface area contributed by atoms with Crippen molar-refractivity contribution in [1.82, 2.24) is 10.6 Å². The molecule has 2 aromatic rings. The minimum absolute atomic E-state index is 0.245. The normalized spacial score (nSPS) is 11.0. The third-order valence-electron chi connectivity index (χ3n) is 3.63. The van der Waals surface area contributed by atoms with E-state index in [-0.39, 0.29) is 6.03 Å². The Morgan fingerprint density at radius 2 is 1.78 bits per heavy atom. The van der Waals surface area contributed by atoms with Crippen LogP contribution in [0.4, 0.5) is 4.79 Å². The second kappa shape index (κ2) is 7.38. The smallest absolute Gasteiger partial charge is 0.315 e. The van der Waals surface area contributed by atoms with Crippen molar-refractivity contribution < 1.29 is 9.53 Å². The molecule has 0 aromatic heterocycles. The fourth-order valence-electron chi connectivity index (χ4n) is 2.23. The Bertz CT molecular complexity index is 669. The SMILES string of the molecule is COc1ccc(C(C)(C)NC(=O)NCc2ccccc2Cl)cc1. The zero-order valence-electron chi connectivity index (χ0n) is 13.5. The standard InChI is InChI=1S/C18H21ClN2O2/c1-18(2,14-8-10-15(23-3)11-9-14)21-17(22)20-12-13-6-4-5-7-16(13)19/h4-11H,12H2,1-3H3,(H2,20,21,22). The van der Waals surface area contributed by atoms with Crippen molar-refractivity contribution >= 4 is 17.6 Å². The molecule has 2 aromatic carbocycles. The number of ether oxygens (including phenoxy) is 1. The number of urea groups is 1. The molecule has 0 radical (unpaired) electrons. The van der Waals surface area contributed by atoms with E-state index in [1.165, 1.54) is 0 Å². The molecule has 2 rings (SSSR count). The molecule has 0 heterocycles. The Morgan fingerprint density at radius 3 is 2.39 bits per heavy atom. The first-order valence-corrected chi connectivity index (χ1v) is 7.74. The number of hydrogen-bond donors (Lipinski definition) is 2. The van der Waals surface area contributed by atoms with Gasteiger partial charge in [-0.05, 0) is 43.2 Å². The lowest BCUT2D eigenvalue weighted by molar-refractivity contribution is 0.229. The van der Waals surface area contributed by atoms with Crippen molar-refractivity contribution in [3.05, 3.63) is 64.7 Å². The summed E-state index contributed by atoms with van der Waals surface area (Å²) in [6.07, 6.45) is 0. The molecule has 2 amide bonds. The number of benzene rings is 2. The van der Waals surface area contributed by atoms with Gasteiger partial charge in [0, 0.05) is 11.6 Å². The van der Waals surface area contributed by atoms with Crippen molar-refractivity contribution in [3.8, 4) is 5.75 Å². The predicted molar refractivity (Wildman–Crippen MR) is 92.8 cm³/mol. The van der Waals surface area contributed by atoms with E-state index in [0.29, 0.717) is 11.6 Å². The van der Waals surface area contributed by atoms with Gasteiger partial charge in [-0.3, -0.25) is 0 Å². The van der Waals surface area contributed by atoms with E-state index in [1.807, 2.05) is 56.3 Å². The molecule has 0 atom stereocenters. The van der Waals surface area contributed by atoms with Crippen LogP contribution < -0.4 is 15.4 Å². The second-order valence-corrected chi connectivity index (χ2v) is 6.16. The van der Waals surface area contributed by atoms with Crippen LogP contribution in [0, 0.1) is 0 Å². The van der Waals surface area contributed by atoms with Crippen LogP contribution in [0.2, 0.25) is 5.02 Å². The fourth-order valence-corrected chi connectivity index (χ4v) is 2.43. The van der Waals surface area contributed by atoms with Gasteiger partial charge in [0.25, 0.3) is 0 Å². The van der Waals surface area contributed by atoms with Crippen LogP contribution in [0.25, 0.3) is 0 Å². The highest BCUT2D eigenvalue weighted by Crippen LogP contribution is 2.22. The van der Waals surface area contributed by atoms with Crippen LogP contribution in [-0.4, -0.2) is 13.1 Å². The molecule has 0 saturated heterocycles. The molecule has 23 heavy (non-hydrogen) atoms. The molecular weight excluding hydrogens is 312 g/mol. The number of carbonyl (C=O) groups excluding carboxylic acids is 1. The van der Waals surface area contributed by atoms with Gasteiger partial charge in [0.1, 0.15) is 5.75 Å². The quantitative estimate of drug-likeness (QED) is 0.866. The lowest BCUT2D eigenvalue weighted by Crippen LogP contribution is -2.46. The third kappa shape index (κ3) is 4.63. The van der Waals surface area contributed by atoms with Gasteiger partial charge in [-0.1, -0.05) is 41.9 Å². The molecule has 0 aliphatic carbocycles. The molecule has 0 spiro atoms. The zero-order valence-corrected chi connectivity index (χ0v) is 14.3. The summed E-state index contributed by atoms with van der Waals surface area (Å²) in [4.78, 5) is 12.1. The van der Waals surface area contributed by atoms with Crippen LogP contribution in [0.3, 0.4) is 0 Å². The van der Waals surface area contributed by atoms with Gasteiger partial charge in [-0.15, -0.1) is 0 Å². The van der Waals surface area contributed by atoms with E-state index >= 15 is 0 Å². The summed E-state index contributed by atoms with van der Waals surface area (Å²) >= 11 is 6.08. The average molecular weight is 333 g/mol. The number of methoxy groups -OCH3 is 1. The van der Waals surface area contributed by atoms with Gasteiger partial charge in [0.2, 0.25) is 0 Å². The summed E-state index contributed by atoms with van der Waals surface area (Å²) in [6, 6.07) is 14.8. The Kier molecular flexibility index (Phi) is 5.50. The van der Waals surface area contributed by atoms with Crippen molar-refractivity contribution in [2.75, 3.05) is 7.11 Å². The highest BCUT2D eigenvalue weighted by Gasteiger charge is 2.22. The van der Waals surface area contributed by atoms with Gasteiger partial charge in [0.15, 0.2) is 0 Å². The topological polar surface area (TPSA) is 50.4 Å². The Balaban J connectivity index is 1.96. The van der Waals surface area contributed by atoms with E-state index in [2.05, 4.69) is 10.6 Å². The largest absolute Gasteiger partial charge is 0.497 e. The number of rotatable bonds is 5. The third-order valence-corrected chi connectivity index (χ3v) is 4.00. The number of hydrogen-bond acceptors (Lipinski definition) is 2. The summed E-state index contributed by atoms with van der Waals surface area (Å²) in [6.45, 7) is 4.28. The lowest BCUT2D eigenvalue weighted by atomic mass is 9.94. The molecule has 0 aliphatic heterocycles. The molecule has 2 N–H and O–H groups in total. The van der Waals surface area contributed by atoms with Crippen LogP contribution in [-0.2, 0) is 12.1 Å². The van der Waals surface area contributed by atoms with E-state index in [1.54, 1.807) is 13.2 Å². The monoisotopic (exact) mass is 332 g/mol.